The molecule has 3 nitrogen and oxygen atoms in total. The second-order valence-corrected chi connectivity index (χ2v) is 3.38. The van der Waals surface area contributed by atoms with Crippen molar-refractivity contribution in [1.29, 1.82) is 0 Å². The van der Waals surface area contributed by atoms with Crippen LogP contribution in [0.1, 0.15) is 5.69 Å². The van der Waals surface area contributed by atoms with E-state index in [0.29, 0.717) is 0 Å². The van der Waals surface area contributed by atoms with E-state index in [9.17, 15) is 0 Å². The summed E-state index contributed by atoms with van der Waals surface area (Å²) in [6, 6.07) is 0. The Morgan fingerprint density at radius 3 is 2.55 bits per heavy atom. The van der Waals surface area contributed by atoms with Gasteiger partial charge in [-0.05, 0) is 15.9 Å². The van der Waals surface area contributed by atoms with Gasteiger partial charge in [0.05, 0.1) is 12.8 Å². The lowest BCUT2D eigenvalue weighted by Crippen LogP contribution is -1.94. The molecule has 5 heteroatoms. The molecular weight excluding hydrogens is 276 g/mol. The van der Waals surface area contributed by atoms with E-state index in [2.05, 4.69) is 37.0 Å². The van der Waals surface area contributed by atoms with Crippen molar-refractivity contribution >= 4 is 31.9 Å². The molecule has 0 aliphatic heterocycles. The molecule has 1 aromatic heterocycles. The Kier molecular flexibility index (Phi) is 2.95. The normalized spacial score (nSPS) is 10.2. The van der Waals surface area contributed by atoms with E-state index in [4.69, 9.17) is 4.74 Å². The number of hydrogen-bond acceptors (Lipinski definition) is 2. The number of halogens is 2. The Morgan fingerprint density at radius 1 is 1.64 bits per heavy atom. The van der Waals surface area contributed by atoms with E-state index < -0.39 is 0 Å². The van der Waals surface area contributed by atoms with Crippen LogP contribution in [0, 0.1) is 0 Å². The smallest absolute Gasteiger partial charge is 0.226 e. The first-order chi connectivity index (χ1) is 5.20. The summed E-state index contributed by atoms with van der Waals surface area (Å²) in [5.74, 6) is 0.749. The summed E-state index contributed by atoms with van der Waals surface area (Å²) in [6.07, 6.45) is 0. The Labute approximate surface area is 82.0 Å². The molecule has 0 atom stereocenters. The van der Waals surface area contributed by atoms with Crippen LogP contribution in [-0.4, -0.2) is 16.9 Å². The zero-order valence-corrected chi connectivity index (χ0v) is 9.44. The lowest BCUT2D eigenvalue weighted by molar-refractivity contribution is 0.371. The number of ether oxygens (including phenoxy) is 1. The van der Waals surface area contributed by atoms with Gasteiger partial charge in [0.15, 0.2) is 0 Å². The van der Waals surface area contributed by atoms with Gasteiger partial charge >= 0.3 is 0 Å². The summed E-state index contributed by atoms with van der Waals surface area (Å²) in [5.41, 5.74) is 0.948. The molecule has 1 aromatic rings. The molecule has 0 aromatic carbocycles. The molecule has 11 heavy (non-hydrogen) atoms. The minimum atomic E-state index is 0.727. The number of aromatic nitrogens is 2. The predicted octanol–water partition coefficient (Wildman–Crippen LogP) is 2.09. The Bertz CT molecular complexity index is 259. The molecule has 0 amide bonds. The van der Waals surface area contributed by atoms with E-state index in [-0.39, 0.29) is 0 Å². The van der Waals surface area contributed by atoms with Crippen molar-refractivity contribution in [2.75, 3.05) is 7.11 Å². The minimum absolute atomic E-state index is 0.727. The highest BCUT2D eigenvalue weighted by Crippen LogP contribution is 2.28. The molecule has 0 aliphatic rings. The fraction of sp³-hybridized carbons (Fsp3) is 0.500. The molecule has 0 N–H and O–H groups in total. The van der Waals surface area contributed by atoms with E-state index >= 15 is 0 Å². The quantitative estimate of drug-likeness (QED) is 0.777. The van der Waals surface area contributed by atoms with Gasteiger partial charge in [-0.15, -0.1) is 0 Å². The lowest BCUT2D eigenvalue weighted by Gasteiger charge is -1.97. The van der Waals surface area contributed by atoms with Gasteiger partial charge in [0.1, 0.15) is 4.47 Å². The van der Waals surface area contributed by atoms with E-state index in [1.54, 1.807) is 11.8 Å². The molecule has 0 aliphatic carbocycles. The number of methoxy groups -OCH3 is 1. The van der Waals surface area contributed by atoms with Crippen molar-refractivity contribution in [3.05, 3.63) is 10.2 Å². The first-order valence-electron chi connectivity index (χ1n) is 3.02. The third kappa shape index (κ3) is 1.59. The van der Waals surface area contributed by atoms with Crippen molar-refractivity contribution in [2.24, 2.45) is 7.05 Å². The topological polar surface area (TPSA) is 27.1 Å². The van der Waals surface area contributed by atoms with Crippen LogP contribution in [0.3, 0.4) is 0 Å². The van der Waals surface area contributed by atoms with Crippen LogP contribution in [0.2, 0.25) is 0 Å². The summed E-state index contributed by atoms with van der Waals surface area (Å²) < 4.78 is 7.70. The lowest BCUT2D eigenvalue weighted by atomic mass is 10.5. The van der Waals surface area contributed by atoms with Crippen molar-refractivity contribution in [3.63, 3.8) is 0 Å². The summed E-state index contributed by atoms with van der Waals surface area (Å²) >= 11 is 6.71. The molecule has 1 heterocycles. The fourth-order valence-electron chi connectivity index (χ4n) is 0.843. The van der Waals surface area contributed by atoms with Gasteiger partial charge in [-0.25, -0.2) is 4.68 Å². The van der Waals surface area contributed by atoms with Gasteiger partial charge < -0.3 is 4.74 Å². The number of nitrogens with zero attached hydrogens (tertiary/aromatic N) is 2. The van der Waals surface area contributed by atoms with E-state index in [1.165, 1.54) is 0 Å². The number of rotatable bonds is 2. The van der Waals surface area contributed by atoms with E-state index in [0.717, 1.165) is 21.4 Å². The summed E-state index contributed by atoms with van der Waals surface area (Å²) in [5, 5.41) is 4.92. The maximum atomic E-state index is 5.09. The van der Waals surface area contributed by atoms with Gasteiger partial charge in [0, 0.05) is 12.4 Å². The minimum Gasteiger partial charge on any atom is -0.480 e. The molecule has 0 radical (unpaired) electrons. The van der Waals surface area contributed by atoms with Crippen molar-refractivity contribution in [2.45, 2.75) is 5.33 Å². The maximum Gasteiger partial charge on any atom is 0.226 e. The van der Waals surface area contributed by atoms with E-state index in [1.807, 2.05) is 7.05 Å². The molecule has 0 spiro atoms. The molecule has 0 bridgehead atoms. The highest BCUT2D eigenvalue weighted by atomic mass is 79.9. The van der Waals surface area contributed by atoms with Crippen LogP contribution in [0.15, 0.2) is 4.47 Å². The second kappa shape index (κ2) is 3.58. The Hall–Kier alpha value is -0.0300. The van der Waals surface area contributed by atoms with Crippen molar-refractivity contribution in [1.82, 2.24) is 9.78 Å². The maximum absolute atomic E-state index is 5.09. The van der Waals surface area contributed by atoms with Gasteiger partial charge in [-0.2, -0.15) is 5.10 Å². The van der Waals surface area contributed by atoms with Gasteiger partial charge in [-0.3, -0.25) is 0 Å². The first-order valence-corrected chi connectivity index (χ1v) is 4.93. The van der Waals surface area contributed by atoms with Crippen LogP contribution in [0.4, 0.5) is 0 Å². The third-order valence-electron chi connectivity index (χ3n) is 1.33. The summed E-state index contributed by atoms with van der Waals surface area (Å²) in [4.78, 5) is 0. The molecular formula is C6H8Br2N2O. The second-order valence-electron chi connectivity index (χ2n) is 2.03. The Balaban J connectivity index is 3.14. The van der Waals surface area contributed by atoms with Gasteiger partial charge in [0.2, 0.25) is 5.88 Å². The van der Waals surface area contributed by atoms with Crippen LogP contribution >= 0.6 is 31.9 Å². The molecule has 0 fully saturated rings. The third-order valence-corrected chi connectivity index (χ3v) is 2.65. The highest BCUT2D eigenvalue weighted by molar-refractivity contribution is 9.10. The van der Waals surface area contributed by atoms with Gasteiger partial charge in [-0.1, -0.05) is 15.9 Å². The molecule has 0 saturated heterocycles. The largest absolute Gasteiger partial charge is 0.480 e. The number of hydrogen-bond donors (Lipinski definition) is 0. The average molecular weight is 284 g/mol. The van der Waals surface area contributed by atoms with Crippen molar-refractivity contribution in [3.8, 4) is 5.88 Å². The fourth-order valence-corrected chi connectivity index (χ4v) is 2.25. The standard InChI is InChI=1S/C6H8Br2N2O/c1-10-6(11-2)5(8)4(3-7)9-10/h3H2,1-2H3. The predicted molar refractivity (Wildman–Crippen MR) is 50.1 cm³/mol. The van der Waals surface area contributed by atoms with Crippen LogP contribution < -0.4 is 4.74 Å². The zero-order valence-electron chi connectivity index (χ0n) is 6.27. The number of alkyl halides is 1. The molecule has 1 rings (SSSR count). The van der Waals surface area contributed by atoms with Crippen LogP contribution in [0.5, 0.6) is 5.88 Å². The molecule has 62 valence electrons. The highest BCUT2D eigenvalue weighted by Gasteiger charge is 2.12. The molecule has 0 unspecified atom stereocenters. The van der Waals surface area contributed by atoms with Gasteiger partial charge in [0.25, 0.3) is 0 Å². The zero-order chi connectivity index (χ0) is 8.43. The van der Waals surface area contributed by atoms with Crippen LogP contribution in [0.25, 0.3) is 0 Å². The SMILES string of the molecule is COc1c(Br)c(CBr)nn1C. The average Bonchev–Trinajstić information content (AvgIpc) is 2.26. The summed E-state index contributed by atoms with van der Waals surface area (Å²) in [7, 11) is 3.47. The first kappa shape index (κ1) is 9.06. The van der Waals surface area contributed by atoms with Crippen LogP contribution in [-0.2, 0) is 12.4 Å². The molecule has 0 saturated carbocycles. The number of aryl methyl sites for hydroxylation is 1. The summed E-state index contributed by atoms with van der Waals surface area (Å²) in [6.45, 7) is 0. The van der Waals surface area contributed by atoms with Crippen molar-refractivity contribution < 1.29 is 4.74 Å². The Morgan fingerprint density at radius 2 is 2.27 bits per heavy atom. The monoisotopic (exact) mass is 282 g/mol.